The van der Waals surface area contributed by atoms with Crippen molar-refractivity contribution in [3.63, 3.8) is 0 Å². The monoisotopic (exact) mass is 495 g/mol. The average Bonchev–Trinajstić information content (AvgIpc) is 2.84. The summed E-state index contributed by atoms with van der Waals surface area (Å²) in [7, 11) is -22.4. The van der Waals surface area contributed by atoms with E-state index in [1.54, 1.807) is 0 Å². The van der Waals surface area contributed by atoms with Crippen LogP contribution in [0.2, 0.25) is 5.02 Å². The average molecular weight is 496 g/mol. The third-order valence-corrected chi connectivity index (χ3v) is 13.6. The Morgan fingerprint density at radius 1 is 0.786 bits per heavy atom. The molecule has 158 valence electrons. The topological polar surface area (TPSA) is 168 Å². The van der Waals surface area contributed by atoms with Crippen molar-refractivity contribution in [3.05, 3.63) is 23.5 Å². The second-order valence-electron chi connectivity index (χ2n) is 6.21. The van der Waals surface area contributed by atoms with Gasteiger partial charge in [0.15, 0.2) is 39.3 Å². The van der Waals surface area contributed by atoms with Crippen molar-refractivity contribution in [2.75, 3.05) is 25.0 Å². The number of pyridine rings is 1. The molecule has 1 aliphatic rings. The lowest BCUT2D eigenvalue weighted by atomic mass is 9.81. The van der Waals surface area contributed by atoms with Crippen molar-refractivity contribution in [2.45, 2.75) is 8.53 Å². The zero-order valence-electron chi connectivity index (χ0n) is 14.9. The Kier molecular flexibility index (Phi) is 5.55. The van der Waals surface area contributed by atoms with Gasteiger partial charge in [-0.05, 0) is 6.07 Å². The lowest BCUT2D eigenvalue weighted by Gasteiger charge is -2.37. The van der Waals surface area contributed by atoms with Crippen LogP contribution < -0.4 is 5.46 Å². The number of halogens is 1. The standard InChI is InChI=1S/C11H15BClNO10S4/c1-25(15,16)10(26(2,17)18)11(27(3,19)20,28(4,21)22)24-12(23-10)8-5-9(13)7-14-6-8/h5-7H,1-4H3. The molecule has 28 heavy (non-hydrogen) atoms. The Labute approximate surface area is 168 Å². The van der Waals surface area contributed by atoms with Crippen LogP contribution in [0.4, 0.5) is 0 Å². The van der Waals surface area contributed by atoms with Gasteiger partial charge in [-0.15, -0.1) is 0 Å². The molecule has 0 radical (unpaired) electrons. The fourth-order valence-corrected chi connectivity index (χ4v) is 14.2. The maximum absolute atomic E-state index is 12.6. The Hall–Kier alpha value is -0.775. The van der Waals surface area contributed by atoms with Crippen molar-refractivity contribution in [1.82, 2.24) is 4.98 Å². The van der Waals surface area contributed by atoms with Crippen LogP contribution in [-0.4, -0.2) is 79.3 Å². The first-order valence-corrected chi connectivity index (χ1v) is 15.0. The summed E-state index contributed by atoms with van der Waals surface area (Å²) in [5.41, 5.74) is -0.196. The summed E-state index contributed by atoms with van der Waals surface area (Å²) in [4.78, 5) is 3.68. The van der Waals surface area contributed by atoms with Gasteiger partial charge in [0.2, 0.25) is 0 Å². The van der Waals surface area contributed by atoms with Gasteiger partial charge in [-0.3, -0.25) is 4.98 Å². The van der Waals surface area contributed by atoms with Gasteiger partial charge in [-0.1, -0.05) is 11.6 Å². The molecule has 2 heterocycles. The van der Waals surface area contributed by atoms with E-state index in [2.05, 4.69) is 4.98 Å². The quantitative estimate of drug-likeness (QED) is 0.413. The highest BCUT2D eigenvalue weighted by molar-refractivity contribution is 8.16. The highest BCUT2D eigenvalue weighted by Crippen LogP contribution is 2.51. The zero-order valence-corrected chi connectivity index (χ0v) is 18.9. The first-order valence-electron chi connectivity index (χ1n) is 7.06. The smallest absolute Gasteiger partial charge is 0.372 e. The van der Waals surface area contributed by atoms with Gasteiger partial charge in [0, 0.05) is 42.9 Å². The lowest BCUT2D eigenvalue weighted by molar-refractivity contribution is 0.202. The molecule has 0 aliphatic carbocycles. The van der Waals surface area contributed by atoms with E-state index in [0.717, 1.165) is 12.3 Å². The van der Waals surface area contributed by atoms with Crippen LogP contribution in [0.25, 0.3) is 0 Å². The summed E-state index contributed by atoms with van der Waals surface area (Å²) in [6.07, 6.45) is 3.53. The van der Waals surface area contributed by atoms with Crippen LogP contribution in [0.5, 0.6) is 0 Å². The SMILES string of the molecule is CS(=O)(=O)C1(S(C)(=O)=O)OB(c2cncc(Cl)c2)OC1(S(C)(=O)=O)S(C)(=O)=O. The Morgan fingerprint density at radius 2 is 1.14 bits per heavy atom. The predicted molar refractivity (Wildman–Crippen MR) is 102 cm³/mol. The molecular formula is C11H15BClNO10S4. The summed E-state index contributed by atoms with van der Waals surface area (Å²) in [5, 5.41) is -0.00905. The van der Waals surface area contributed by atoms with Crippen LogP contribution >= 0.6 is 11.6 Å². The van der Waals surface area contributed by atoms with E-state index in [1.807, 2.05) is 0 Å². The largest absolute Gasteiger partial charge is 0.499 e. The third kappa shape index (κ3) is 3.18. The van der Waals surface area contributed by atoms with Crippen LogP contribution in [-0.2, 0) is 48.7 Å². The number of sulfone groups is 4. The second kappa shape index (κ2) is 6.62. The van der Waals surface area contributed by atoms with Gasteiger partial charge in [0.25, 0.3) is 0 Å². The number of nitrogens with zero attached hydrogens (tertiary/aromatic N) is 1. The molecule has 1 fully saturated rings. The molecule has 11 nitrogen and oxygen atoms in total. The minimum atomic E-state index is -5.09. The van der Waals surface area contributed by atoms with Crippen LogP contribution in [0.15, 0.2) is 18.5 Å². The third-order valence-electron chi connectivity index (χ3n) is 3.85. The van der Waals surface area contributed by atoms with Crippen LogP contribution in [0.1, 0.15) is 0 Å². The van der Waals surface area contributed by atoms with Gasteiger partial charge in [-0.25, -0.2) is 33.7 Å². The van der Waals surface area contributed by atoms with Crippen molar-refractivity contribution in [1.29, 1.82) is 0 Å². The lowest BCUT2D eigenvalue weighted by Crippen LogP contribution is -2.67. The normalized spacial score (nSPS) is 20.2. The molecular weight excluding hydrogens is 481 g/mol. The molecule has 0 atom stereocenters. The van der Waals surface area contributed by atoms with Gasteiger partial charge >= 0.3 is 15.6 Å². The minimum absolute atomic E-state index is 0.00905. The highest BCUT2D eigenvalue weighted by Gasteiger charge is 2.83. The molecule has 0 unspecified atom stereocenters. The van der Waals surface area contributed by atoms with Crippen LogP contribution in [0.3, 0.4) is 0 Å². The van der Waals surface area contributed by atoms with Crippen LogP contribution in [0, 0.1) is 0 Å². The van der Waals surface area contributed by atoms with E-state index in [0.29, 0.717) is 25.0 Å². The second-order valence-corrected chi connectivity index (χ2v) is 15.6. The molecule has 0 spiro atoms. The van der Waals surface area contributed by atoms with Gasteiger partial charge in [0.1, 0.15) is 0 Å². The maximum Gasteiger partial charge on any atom is 0.499 e. The van der Waals surface area contributed by atoms with Crippen molar-refractivity contribution >= 4 is 63.5 Å². The zero-order chi connectivity index (χ0) is 22.0. The molecule has 1 aliphatic heterocycles. The summed E-state index contributed by atoms with van der Waals surface area (Å²) in [6, 6.07) is 1.12. The molecule has 1 aromatic rings. The number of hydrogen-bond donors (Lipinski definition) is 0. The summed E-state index contributed by atoms with van der Waals surface area (Å²) in [6.45, 7) is 0. The fourth-order valence-electron chi connectivity index (χ4n) is 2.95. The highest BCUT2D eigenvalue weighted by atomic mass is 35.5. The van der Waals surface area contributed by atoms with Gasteiger partial charge in [-0.2, -0.15) is 0 Å². The number of aromatic nitrogens is 1. The molecule has 1 aromatic heterocycles. The molecule has 0 saturated carbocycles. The van der Waals surface area contributed by atoms with Gasteiger partial charge < -0.3 is 9.31 Å². The summed E-state index contributed by atoms with van der Waals surface area (Å²) >= 11 is 5.78. The first kappa shape index (κ1) is 23.5. The Balaban J connectivity index is 3.10. The van der Waals surface area contributed by atoms with E-state index in [1.165, 1.54) is 6.20 Å². The fraction of sp³-hybridized carbons (Fsp3) is 0.545. The number of hydrogen-bond acceptors (Lipinski definition) is 11. The predicted octanol–water partition coefficient (Wildman–Crippen LogP) is -2.04. The van der Waals surface area contributed by atoms with Crippen molar-refractivity contribution in [2.24, 2.45) is 0 Å². The molecule has 2 rings (SSSR count). The number of rotatable bonds is 5. The Bertz CT molecular complexity index is 1100. The first-order chi connectivity index (χ1) is 12.3. The van der Waals surface area contributed by atoms with E-state index < -0.39 is 55.0 Å². The van der Waals surface area contributed by atoms with E-state index in [-0.39, 0.29) is 10.5 Å². The molecule has 0 amide bonds. The molecule has 0 aromatic carbocycles. The summed E-state index contributed by atoms with van der Waals surface area (Å²) < 4.78 is 103. The minimum Gasteiger partial charge on any atom is -0.372 e. The van der Waals surface area contributed by atoms with E-state index in [9.17, 15) is 33.7 Å². The van der Waals surface area contributed by atoms with Crippen molar-refractivity contribution < 1.29 is 43.0 Å². The molecule has 17 heteroatoms. The molecule has 0 bridgehead atoms. The van der Waals surface area contributed by atoms with E-state index in [4.69, 9.17) is 20.9 Å². The van der Waals surface area contributed by atoms with Crippen molar-refractivity contribution in [3.8, 4) is 0 Å². The Morgan fingerprint density at radius 3 is 1.43 bits per heavy atom. The molecule has 1 saturated heterocycles. The maximum atomic E-state index is 12.6. The van der Waals surface area contributed by atoms with Gasteiger partial charge in [0.05, 0.1) is 5.02 Å². The molecule has 0 N–H and O–H groups in total. The summed E-state index contributed by atoms with van der Waals surface area (Å²) in [5.74, 6) is 0. The van der Waals surface area contributed by atoms with E-state index >= 15 is 0 Å².